The van der Waals surface area contributed by atoms with Gasteiger partial charge in [0.2, 0.25) is 6.41 Å². The molecule has 6 heteroatoms. The van der Waals surface area contributed by atoms with Gasteiger partial charge in [0.05, 0.1) is 5.56 Å². The quantitative estimate of drug-likeness (QED) is 0.827. The molecule has 2 rings (SSSR count). The van der Waals surface area contributed by atoms with E-state index in [1.807, 2.05) is 13.8 Å². The van der Waals surface area contributed by atoms with Crippen molar-refractivity contribution >= 4 is 18.1 Å². The van der Waals surface area contributed by atoms with Gasteiger partial charge in [-0.2, -0.15) is 0 Å². The molecular weight excluding hydrogens is 256 g/mol. The molecule has 0 aromatic carbocycles. The largest absolute Gasteiger partial charge is 0.367 e. The number of hydrogen-bond acceptors (Lipinski definition) is 4. The van der Waals surface area contributed by atoms with E-state index in [9.17, 15) is 9.59 Å². The summed E-state index contributed by atoms with van der Waals surface area (Å²) < 4.78 is 0. The Morgan fingerprint density at radius 3 is 2.65 bits per heavy atom. The molecule has 0 unspecified atom stereocenters. The molecular formula is C14H20N4O2. The van der Waals surface area contributed by atoms with Crippen LogP contribution in [0.1, 0.15) is 24.2 Å². The topological polar surface area (TPSA) is 65.5 Å². The second-order valence-electron chi connectivity index (χ2n) is 5.13. The van der Waals surface area contributed by atoms with Crippen LogP contribution < -0.4 is 5.32 Å². The molecule has 108 valence electrons. The zero-order valence-electron chi connectivity index (χ0n) is 11.9. The van der Waals surface area contributed by atoms with Gasteiger partial charge in [-0.25, -0.2) is 4.98 Å². The standard InChI is InChI=1S/C14H20N4O2/c1-11(2)16-13-12(4-3-5-15-13)14(20)18-8-6-17(10-19)7-9-18/h3-5,10-11H,6-9H2,1-2H3,(H,15,16). The number of carbonyl (C=O) groups excluding carboxylic acids is 2. The van der Waals surface area contributed by atoms with Crippen LogP contribution in [0.4, 0.5) is 5.82 Å². The Bertz CT molecular complexity index is 482. The van der Waals surface area contributed by atoms with Gasteiger partial charge in [0, 0.05) is 38.4 Å². The maximum atomic E-state index is 12.5. The highest BCUT2D eigenvalue weighted by molar-refractivity contribution is 5.98. The molecule has 0 bridgehead atoms. The summed E-state index contributed by atoms with van der Waals surface area (Å²) in [5, 5.41) is 3.19. The van der Waals surface area contributed by atoms with Gasteiger partial charge in [-0.1, -0.05) is 0 Å². The van der Waals surface area contributed by atoms with E-state index in [1.165, 1.54) is 0 Å². The number of rotatable bonds is 4. The Morgan fingerprint density at radius 1 is 1.35 bits per heavy atom. The van der Waals surface area contributed by atoms with Crippen molar-refractivity contribution in [3.8, 4) is 0 Å². The van der Waals surface area contributed by atoms with E-state index in [0.29, 0.717) is 37.6 Å². The Balaban J connectivity index is 2.11. The molecule has 0 atom stereocenters. The first-order valence-corrected chi connectivity index (χ1v) is 6.82. The maximum absolute atomic E-state index is 12.5. The number of carbonyl (C=O) groups is 2. The minimum absolute atomic E-state index is 0.0354. The smallest absolute Gasteiger partial charge is 0.257 e. The van der Waals surface area contributed by atoms with E-state index in [4.69, 9.17) is 0 Å². The number of pyridine rings is 1. The normalized spacial score (nSPS) is 15.3. The first kappa shape index (κ1) is 14.3. The van der Waals surface area contributed by atoms with Crippen molar-refractivity contribution in [2.75, 3.05) is 31.5 Å². The maximum Gasteiger partial charge on any atom is 0.257 e. The number of hydrogen-bond donors (Lipinski definition) is 1. The van der Waals surface area contributed by atoms with Crippen LogP contribution in [0.3, 0.4) is 0 Å². The van der Waals surface area contributed by atoms with Gasteiger partial charge >= 0.3 is 0 Å². The van der Waals surface area contributed by atoms with E-state index >= 15 is 0 Å². The van der Waals surface area contributed by atoms with Crippen LogP contribution in [0.2, 0.25) is 0 Å². The molecule has 2 heterocycles. The van der Waals surface area contributed by atoms with Crippen LogP contribution in [-0.2, 0) is 4.79 Å². The van der Waals surface area contributed by atoms with Gasteiger partial charge in [-0.15, -0.1) is 0 Å². The number of anilines is 1. The predicted molar refractivity (Wildman–Crippen MR) is 76.5 cm³/mol. The average Bonchev–Trinajstić information content (AvgIpc) is 2.46. The van der Waals surface area contributed by atoms with E-state index in [-0.39, 0.29) is 11.9 Å². The first-order valence-electron chi connectivity index (χ1n) is 6.82. The summed E-state index contributed by atoms with van der Waals surface area (Å²) in [5.41, 5.74) is 0.584. The van der Waals surface area contributed by atoms with Gasteiger partial charge in [0.15, 0.2) is 0 Å². The Labute approximate surface area is 118 Å². The molecule has 1 aliphatic heterocycles. The minimum Gasteiger partial charge on any atom is -0.367 e. The fraction of sp³-hybridized carbons (Fsp3) is 0.500. The summed E-state index contributed by atoms with van der Waals surface area (Å²) in [4.78, 5) is 30.9. The molecule has 6 nitrogen and oxygen atoms in total. The lowest BCUT2D eigenvalue weighted by molar-refractivity contribution is -0.119. The monoisotopic (exact) mass is 276 g/mol. The molecule has 1 N–H and O–H groups in total. The van der Waals surface area contributed by atoms with Gasteiger partial charge in [-0.3, -0.25) is 9.59 Å². The van der Waals surface area contributed by atoms with Gasteiger partial charge in [-0.05, 0) is 26.0 Å². The number of nitrogens with one attached hydrogen (secondary N) is 1. The summed E-state index contributed by atoms with van der Waals surface area (Å²) in [6.45, 7) is 6.31. The van der Waals surface area contributed by atoms with Crippen molar-refractivity contribution in [3.63, 3.8) is 0 Å². The number of aromatic nitrogens is 1. The zero-order chi connectivity index (χ0) is 14.5. The third kappa shape index (κ3) is 3.26. The Kier molecular flexibility index (Phi) is 4.55. The molecule has 0 aliphatic carbocycles. The molecule has 2 amide bonds. The van der Waals surface area contributed by atoms with Gasteiger partial charge in [0.1, 0.15) is 5.82 Å². The van der Waals surface area contributed by atoms with Crippen molar-refractivity contribution in [1.29, 1.82) is 0 Å². The van der Waals surface area contributed by atoms with Crippen LogP contribution in [0.25, 0.3) is 0 Å². The molecule has 1 saturated heterocycles. The molecule has 0 spiro atoms. The van der Waals surface area contributed by atoms with Crippen LogP contribution >= 0.6 is 0 Å². The van der Waals surface area contributed by atoms with Crippen LogP contribution in [0, 0.1) is 0 Å². The zero-order valence-corrected chi connectivity index (χ0v) is 11.9. The van der Waals surface area contributed by atoms with Gasteiger partial charge in [0.25, 0.3) is 5.91 Å². The third-order valence-electron chi connectivity index (χ3n) is 3.21. The third-order valence-corrected chi connectivity index (χ3v) is 3.21. The summed E-state index contributed by atoms with van der Waals surface area (Å²) in [5.74, 6) is 0.581. The first-order chi connectivity index (χ1) is 9.61. The second kappa shape index (κ2) is 6.36. The van der Waals surface area contributed by atoms with Gasteiger partial charge < -0.3 is 15.1 Å². The summed E-state index contributed by atoms with van der Waals surface area (Å²) >= 11 is 0. The lowest BCUT2D eigenvalue weighted by atomic mass is 10.2. The van der Waals surface area contributed by atoms with E-state index in [1.54, 1.807) is 28.1 Å². The highest BCUT2D eigenvalue weighted by Crippen LogP contribution is 2.16. The van der Waals surface area contributed by atoms with E-state index < -0.39 is 0 Å². The lowest BCUT2D eigenvalue weighted by Crippen LogP contribution is -2.48. The Hall–Kier alpha value is -2.11. The number of nitrogens with zero attached hydrogens (tertiary/aromatic N) is 3. The van der Waals surface area contributed by atoms with Crippen molar-refractivity contribution in [1.82, 2.24) is 14.8 Å². The molecule has 20 heavy (non-hydrogen) atoms. The number of piperazine rings is 1. The summed E-state index contributed by atoms with van der Waals surface area (Å²) in [6.07, 6.45) is 2.50. The van der Waals surface area contributed by atoms with Crippen LogP contribution in [0.5, 0.6) is 0 Å². The highest BCUT2D eigenvalue weighted by Gasteiger charge is 2.23. The van der Waals surface area contributed by atoms with Crippen LogP contribution in [-0.4, -0.2) is 59.3 Å². The van der Waals surface area contributed by atoms with Crippen LogP contribution in [0.15, 0.2) is 18.3 Å². The summed E-state index contributed by atoms with van der Waals surface area (Å²) in [7, 11) is 0. The molecule has 1 fully saturated rings. The highest BCUT2D eigenvalue weighted by atomic mass is 16.2. The van der Waals surface area contributed by atoms with E-state index in [0.717, 1.165) is 6.41 Å². The SMILES string of the molecule is CC(C)Nc1ncccc1C(=O)N1CCN(C=O)CC1. The summed E-state index contributed by atoms with van der Waals surface area (Å²) in [6, 6.07) is 3.76. The second-order valence-corrected chi connectivity index (χ2v) is 5.13. The lowest BCUT2D eigenvalue weighted by Gasteiger charge is -2.32. The molecule has 1 aliphatic rings. The molecule has 1 aromatic rings. The predicted octanol–water partition coefficient (Wildman–Crippen LogP) is 0.816. The minimum atomic E-state index is -0.0354. The Morgan fingerprint density at radius 2 is 2.05 bits per heavy atom. The fourth-order valence-electron chi connectivity index (χ4n) is 2.17. The van der Waals surface area contributed by atoms with Crippen molar-refractivity contribution in [3.05, 3.63) is 23.9 Å². The number of amides is 2. The van der Waals surface area contributed by atoms with Crippen molar-refractivity contribution < 1.29 is 9.59 Å². The van der Waals surface area contributed by atoms with Crippen molar-refractivity contribution in [2.45, 2.75) is 19.9 Å². The molecule has 0 saturated carbocycles. The van der Waals surface area contributed by atoms with E-state index in [2.05, 4.69) is 10.3 Å². The van der Waals surface area contributed by atoms with Crippen molar-refractivity contribution in [2.24, 2.45) is 0 Å². The molecule has 0 radical (unpaired) electrons. The fourth-order valence-corrected chi connectivity index (χ4v) is 2.17. The molecule has 1 aromatic heterocycles. The average molecular weight is 276 g/mol.